The monoisotopic (exact) mass is 470 g/mol. The number of aliphatic hydroxyl groups excluding tert-OH is 1. The molecule has 0 fully saturated rings. The summed E-state index contributed by atoms with van der Waals surface area (Å²) in [7, 11) is 1.26. The van der Waals surface area contributed by atoms with Crippen molar-refractivity contribution in [2.24, 2.45) is 0 Å². The molecule has 0 radical (unpaired) electrons. The summed E-state index contributed by atoms with van der Waals surface area (Å²) < 4.78 is 15.6. The number of carbonyl (C=O) groups is 1. The van der Waals surface area contributed by atoms with Gasteiger partial charge >= 0.3 is 5.97 Å². The summed E-state index contributed by atoms with van der Waals surface area (Å²) >= 11 is 6.43. The summed E-state index contributed by atoms with van der Waals surface area (Å²) in [5.74, 6) is 0.461. The Balaban J connectivity index is 1.78. The molecule has 1 unspecified atom stereocenters. The van der Waals surface area contributed by atoms with E-state index in [9.17, 15) is 15.2 Å². The Kier molecular flexibility index (Phi) is 8.01. The minimum Gasteiger partial charge on any atom is -0.490 e. The van der Waals surface area contributed by atoms with E-state index < -0.39 is 12.0 Å². The molecule has 1 heterocycles. The van der Waals surface area contributed by atoms with Crippen LogP contribution in [0.4, 0.5) is 0 Å². The molecule has 2 aromatic carbocycles. The van der Waals surface area contributed by atoms with Crippen molar-refractivity contribution in [2.45, 2.75) is 32.5 Å². The number of nitrogens with one attached hydrogen (secondary N) is 1. The van der Waals surface area contributed by atoms with Gasteiger partial charge in [0, 0.05) is 17.7 Å². The lowest BCUT2D eigenvalue weighted by molar-refractivity contribution is -0.144. The molecule has 1 atom stereocenters. The predicted molar refractivity (Wildman–Crippen MR) is 120 cm³/mol. The molecule has 0 aliphatic rings. The van der Waals surface area contributed by atoms with Crippen molar-refractivity contribution in [3.63, 3.8) is 0 Å². The molecule has 3 rings (SSSR count). The molecule has 172 valence electrons. The van der Waals surface area contributed by atoms with Gasteiger partial charge in [-0.25, -0.2) is 0 Å². The van der Waals surface area contributed by atoms with Gasteiger partial charge in [-0.05, 0) is 49.7 Å². The van der Waals surface area contributed by atoms with Crippen LogP contribution in [0.2, 0.25) is 5.02 Å². The number of halogens is 1. The van der Waals surface area contributed by atoms with E-state index in [0.717, 1.165) is 5.56 Å². The number of aromatic nitrogens is 2. The van der Waals surface area contributed by atoms with Crippen molar-refractivity contribution >= 4 is 17.6 Å². The molecule has 3 aromatic rings. The molecule has 0 saturated carbocycles. The lowest BCUT2D eigenvalue weighted by Gasteiger charge is -2.14. The SMILES string of the molecule is COC(=O)C(CO)NCc1ccc(-c2noc(-c3ccc(OC(C)C)c(C#N)c3)n2)c(Cl)c1. The number of rotatable bonds is 9. The Morgan fingerprint density at radius 3 is 2.73 bits per heavy atom. The number of methoxy groups -OCH3 is 1. The largest absolute Gasteiger partial charge is 0.490 e. The van der Waals surface area contributed by atoms with E-state index in [0.29, 0.717) is 39.8 Å². The fourth-order valence-corrected chi connectivity index (χ4v) is 3.30. The van der Waals surface area contributed by atoms with Gasteiger partial charge in [0.1, 0.15) is 17.9 Å². The Labute approximate surface area is 195 Å². The molecule has 0 saturated heterocycles. The van der Waals surface area contributed by atoms with Crippen molar-refractivity contribution in [3.05, 3.63) is 52.5 Å². The van der Waals surface area contributed by atoms with E-state index in [1.54, 1.807) is 36.4 Å². The molecule has 1 aromatic heterocycles. The van der Waals surface area contributed by atoms with Crippen molar-refractivity contribution in [3.8, 4) is 34.7 Å². The van der Waals surface area contributed by atoms with E-state index >= 15 is 0 Å². The molecule has 0 aliphatic carbocycles. The zero-order valence-corrected chi connectivity index (χ0v) is 19.1. The first-order valence-electron chi connectivity index (χ1n) is 10.1. The molecule has 0 spiro atoms. The highest BCUT2D eigenvalue weighted by atomic mass is 35.5. The van der Waals surface area contributed by atoms with Gasteiger partial charge in [-0.15, -0.1) is 0 Å². The van der Waals surface area contributed by atoms with Crippen LogP contribution in [0.25, 0.3) is 22.8 Å². The van der Waals surface area contributed by atoms with Gasteiger partial charge in [0.25, 0.3) is 5.89 Å². The Bertz CT molecular complexity index is 1170. The lowest BCUT2D eigenvalue weighted by Crippen LogP contribution is -2.40. The predicted octanol–water partition coefficient (Wildman–Crippen LogP) is 3.34. The van der Waals surface area contributed by atoms with Gasteiger partial charge in [-0.1, -0.05) is 22.8 Å². The van der Waals surface area contributed by atoms with Crippen LogP contribution in [0, 0.1) is 11.3 Å². The van der Waals surface area contributed by atoms with Gasteiger partial charge < -0.3 is 19.1 Å². The Hall–Kier alpha value is -3.45. The van der Waals surface area contributed by atoms with E-state index in [1.165, 1.54) is 7.11 Å². The van der Waals surface area contributed by atoms with Crippen molar-refractivity contribution in [2.75, 3.05) is 13.7 Å². The third-order valence-corrected chi connectivity index (χ3v) is 4.94. The minimum atomic E-state index is -0.830. The molecule has 9 nitrogen and oxygen atoms in total. The standard InChI is InChI=1S/C23H23ClN4O5/c1-13(2)32-20-7-5-15(9-16(20)10-25)22-27-21(28-33-22)17-6-4-14(8-18(17)24)11-26-19(12-29)23(30)31-3/h4-9,13,19,26,29H,11-12H2,1-3H3. The number of hydrogen-bond donors (Lipinski definition) is 2. The summed E-state index contributed by atoms with van der Waals surface area (Å²) in [6.45, 7) is 3.67. The molecular weight excluding hydrogens is 448 g/mol. The third kappa shape index (κ3) is 5.87. The first-order valence-corrected chi connectivity index (χ1v) is 10.5. The smallest absolute Gasteiger partial charge is 0.325 e. The first-order chi connectivity index (χ1) is 15.9. The van der Waals surface area contributed by atoms with E-state index in [1.807, 2.05) is 13.8 Å². The van der Waals surface area contributed by atoms with Crippen LogP contribution < -0.4 is 10.1 Å². The average Bonchev–Trinajstić information content (AvgIpc) is 3.29. The number of nitrogens with zero attached hydrogens (tertiary/aromatic N) is 3. The van der Waals surface area contributed by atoms with Crippen LogP contribution in [0.5, 0.6) is 5.75 Å². The number of nitriles is 1. The van der Waals surface area contributed by atoms with E-state index in [4.69, 9.17) is 20.9 Å². The van der Waals surface area contributed by atoms with Crippen LogP contribution in [-0.4, -0.2) is 47.1 Å². The number of ether oxygens (including phenoxy) is 2. The molecular formula is C23H23ClN4O5. The maximum absolute atomic E-state index is 11.6. The zero-order chi connectivity index (χ0) is 24.0. The quantitative estimate of drug-likeness (QED) is 0.452. The normalized spacial score (nSPS) is 11.8. The molecule has 0 bridgehead atoms. The van der Waals surface area contributed by atoms with Gasteiger partial charge in [-0.2, -0.15) is 10.2 Å². The van der Waals surface area contributed by atoms with Crippen LogP contribution in [0.15, 0.2) is 40.9 Å². The average molecular weight is 471 g/mol. The Morgan fingerprint density at radius 2 is 2.09 bits per heavy atom. The third-order valence-electron chi connectivity index (χ3n) is 4.63. The summed E-state index contributed by atoms with van der Waals surface area (Å²) in [5.41, 5.74) is 2.29. The van der Waals surface area contributed by atoms with Crippen LogP contribution in [0.3, 0.4) is 0 Å². The van der Waals surface area contributed by atoms with Crippen LogP contribution >= 0.6 is 11.6 Å². The molecule has 2 N–H and O–H groups in total. The lowest BCUT2D eigenvalue weighted by atomic mass is 10.1. The fourth-order valence-electron chi connectivity index (χ4n) is 3.01. The summed E-state index contributed by atoms with van der Waals surface area (Å²) in [6, 6.07) is 11.6. The fraction of sp³-hybridized carbons (Fsp3) is 0.304. The molecule has 0 aliphatic heterocycles. The number of benzene rings is 2. The second kappa shape index (κ2) is 10.9. The van der Waals surface area contributed by atoms with Crippen molar-refractivity contribution in [1.29, 1.82) is 5.26 Å². The number of aliphatic hydroxyl groups is 1. The second-order valence-electron chi connectivity index (χ2n) is 7.37. The van der Waals surface area contributed by atoms with E-state index in [2.05, 4.69) is 26.3 Å². The molecule has 10 heteroatoms. The molecule has 33 heavy (non-hydrogen) atoms. The number of esters is 1. The summed E-state index contributed by atoms with van der Waals surface area (Å²) in [5, 5.41) is 26.0. The van der Waals surface area contributed by atoms with Gasteiger partial charge in [0.2, 0.25) is 5.82 Å². The summed E-state index contributed by atoms with van der Waals surface area (Å²) in [6.07, 6.45) is -0.0618. The first kappa shape index (κ1) is 24.2. The van der Waals surface area contributed by atoms with Gasteiger partial charge in [0.05, 0.1) is 30.4 Å². The van der Waals surface area contributed by atoms with Crippen LogP contribution in [-0.2, 0) is 16.1 Å². The van der Waals surface area contributed by atoms with Crippen LogP contribution in [0.1, 0.15) is 25.0 Å². The Morgan fingerprint density at radius 1 is 1.30 bits per heavy atom. The maximum atomic E-state index is 11.6. The number of hydrogen-bond acceptors (Lipinski definition) is 9. The summed E-state index contributed by atoms with van der Waals surface area (Å²) in [4.78, 5) is 16.0. The van der Waals surface area contributed by atoms with Gasteiger partial charge in [-0.3, -0.25) is 10.1 Å². The topological polar surface area (TPSA) is 130 Å². The number of carbonyl (C=O) groups excluding carboxylic acids is 1. The second-order valence-corrected chi connectivity index (χ2v) is 7.77. The highest BCUT2D eigenvalue weighted by Gasteiger charge is 2.18. The minimum absolute atomic E-state index is 0.0618. The van der Waals surface area contributed by atoms with Gasteiger partial charge in [0.15, 0.2) is 0 Å². The molecule has 0 amide bonds. The highest BCUT2D eigenvalue weighted by Crippen LogP contribution is 2.30. The zero-order valence-electron chi connectivity index (χ0n) is 18.3. The van der Waals surface area contributed by atoms with Crippen molar-refractivity contribution < 1.29 is 23.9 Å². The maximum Gasteiger partial charge on any atom is 0.325 e. The highest BCUT2D eigenvalue weighted by molar-refractivity contribution is 6.33. The van der Waals surface area contributed by atoms with Crippen molar-refractivity contribution in [1.82, 2.24) is 15.5 Å². The van der Waals surface area contributed by atoms with E-state index in [-0.39, 0.29) is 18.6 Å².